The fourth-order valence-electron chi connectivity index (χ4n) is 1.04. The van der Waals surface area contributed by atoms with Gasteiger partial charge in [0.25, 0.3) is 0 Å². The molecule has 3 nitrogen and oxygen atoms in total. The van der Waals surface area contributed by atoms with Crippen molar-refractivity contribution in [2.75, 3.05) is 0 Å². The number of rotatable bonds is 1. The first-order valence-electron chi connectivity index (χ1n) is 3.50. The molecule has 2 aromatic heterocycles. The summed E-state index contributed by atoms with van der Waals surface area (Å²) in [5, 5.41) is 0. The molecule has 0 aliphatic heterocycles. The molecule has 2 aromatic rings. The molecule has 12 heavy (non-hydrogen) atoms. The lowest BCUT2D eigenvalue weighted by atomic mass is 10.4. The summed E-state index contributed by atoms with van der Waals surface area (Å²) >= 11 is 3.24. The minimum absolute atomic E-state index is 0.723. The monoisotopic (exact) mass is 226 g/mol. The van der Waals surface area contributed by atoms with Gasteiger partial charge in [-0.1, -0.05) is 0 Å². The number of nitrogens with zero attached hydrogens (tertiary/aromatic N) is 2. The number of imidazole rings is 1. The zero-order valence-corrected chi connectivity index (χ0v) is 8.08. The maximum absolute atomic E-state index is 5.34. The molecule has 62 valence electrons. The highest BCUT2D eigenvalue weighted by atomic mass is 79.9. The zero-order chi connectivity index (χ0) is 8.55. The molecule has 0 bridgehead atoms. The molecular formula is C8H7BrN2O. The van der Waals surface area contributed by atoms with E-state index < -0.39 is 0 Å². The van der Waals surface area contributed by atoms with Crippen LogP contribution < -0.4 is 0 Å². The second-order valence-corrected chi connectivity index (χ2v) is 3.25. The van der Waals surface area contributed by atoms with Crippen molar-refractivity contribution >= 4 is 15.9 Å². The van der Waals surface area contributed by atoms with Crippen molar-refractivity contribution in [1.29, 1.82) is 0 Å². The molecule has 0 saturated heterocycles. The summed E-state index contributed by atoms with van der Waals surface area (Å²) in [5.74, 6) is 1.61. The predicted octanol–water partition coefficient (Wildman–Crippen LogP) is 2.44. The van der Waals surface area contributed by atoms with Gasteiger partial charge in [-0.25, -0.2) is 4.98 Å². The molecule has 0 fully saturated rings. The Kier molecular flexibility index (Phi) is 1.77. The van der Waals surface area contributed by atoms with Gasteiger partial charge >= 0.3 is 0 Å². The highest BCUT2D eigenvalue weighted by Gasteiger charge is 2.06. The van der Waals surface area contributed by atoms with Crippen LogP contribution in [0.2, 0.25) is 0 Å². The number of aromatic nitrogens is 2. The zero-order valence-electron chi connectivity index (χ0n) is 6.49. The standard InChI is InChI=1S/C8H7BrN2O/c1-11-5-4-10-8(11)6-2-3-7(9)12-6/h2-5H,1H3. The van der Waals surface area contributed by atoms with Crippen LogP contribution in [0.1, 0.15) is 0 Å². The fraction of sp³-hybridized carbons (Fsp3) is 0.125. The predicted molar refractivity (Wildman–Crippen MR) is 48.6 cm³/mol. The number of hydrogen-bond acceptors (Lipinski definition) is 2. The Morgan fingerprint density at radius 2 is 2.33 bits per heavy atom. The van der Waals surface area contributed by atoms with Crippen molar-refractivity contribution in [2.45, 2.75) is 0 Å². The van der Waals surface area contributed by atoms with Crippen molar-refractivity contribution in [3.05, 3.63) is 29.2 Å². The first-order valence-corrected chi connectivity index (χ1v) is 4.30. The summed E-state index contributed by atoms with van der Waals surface area (Å²) < 4.78 is 7.97. The number of halogens is 1. The summed E-state index contributed by atoms with van der Waals surface area (Å²) in [5.41, 5.74) is 0. The Balaban J connectivity index is 2.50. The van der Waals surface area contributed by atoms with Crippen molar-refractivity contribution in [2.24, 2.45) is 7.05 Å². The van der Waals surface area contributed by atoms with Crippen LogP contribution in [0, 0.1) is 0 Å². The smallest absolute Gasteiger partial charge is 0.175 e. The molecule has 0 aliphatic carbocycles. The normalized spacial score (nSPS) is 10.5. The molecule has 0 spiro atoms. The molecule has 4 heteroatoms. The minimum atomic E-state index is 0.723. The van der Waals surface area contributed by atoms with Crippen LogP contribution in [-0.4, -0.2) is 9.55 Å². The average molecular weight is 227 g/mol. The first kappa shape index (κ1) is 7.61. The quantitative estimate of drug-likeness (QED) is 0.749. The van der Waals surface area contributed by atoms with Gasteiger partial charge in [-0.05, 0) is 28.1 Å². The minimum Gasteiger partial charge on any atom is -0.446 e. The first-order chi connectivity index (χ1) is 5.77. The van der Waals surface area contributed by atoms with Crippen molar-refractivity contribution < 1.29 is 4.42 Å². The molecule has 0 aromatic carbocycles. The Morgan fingerprint density at radius 1 is 1.50 bits per heavy atom. The molecule has 0 saturated carbocycles. The lowest BCUT2D eigenvalue weighted by Gasteiger charge is -1.95. The van der Waals surface area contributed by atoms with E-state index in [0.29, 0.717) is 0 Å². The largest absolute Gasteiger partial charge is 0.446 e. The van der Waals surface area contributed by atoms with Gasteiger partial charge in [-0.3, -0.25) is 0 Å². The summed E-state index contributed by atoms with van der Waals surface area (Å²) in [6.45, 7) is 0. The van der Waals surface area contributed by atoms with Crippen molar-refractivity contribution in [3.8, 4) is 11.6 Å². The van der Waals surface area contributed by atoms with E-state index >= 15 is 0 Å². The third kappa shape index (κ3) is 1.18. The third-order valence-corrected chi connectivity index (χ3v) is 2.04. The van der Waals surface area contributed by atoms with Gasteiger partial charge in [0, 0.05) is 19.4 Å². The summed E-state index contributed by atoms with van der Waals surface area (Å²) in [7, 11) is 1.93. The topological polar surface area (TPSA) is 31.0 Å². The summed E-state index contributed by atoms with van der Waals surface area (Å²) in [6.07, 6.45) is 3.62. The molecule has 0 unspecified atom stereocenters. The fourth-order valence-corrected chi connectivity index (χ4v) is 1.34. The Morgan fingerprint density at radius 3 is 2.83 bits per heavy atom. The van der Waals surface area contributed by atoms with Gasteiger partial charge in [0.1, 0.15) is 0 Å². The van der Waals surface area contributed by atoms with Crippen LogP contribution in [0.15, 0.2) is 33.6 Å². The molecule has 2 heterocycles. The molecule has 0 atom stereocenters. The Hall–Kier alpha value is -1.03. The van der Waals surface area contributed by atoms with Crippen LogP contribution in [0.4, 0.5) is 0 Å². The molecule has 0 radical (unpaired) electrons. The second-order valence-electron chi connectivity index (χ2n) is 2.47. The van der Waals surface area contributed by atoms with Crippen molar-refractivity contribution in [1.82, 2.24) is 9.55 Å². The van der Waals surface area contributed by atoms with Gasteiger partial charge in [-0.15, -0.1) is 0 Å². The summed E-state index contributed by atoms with van der Waals surface area (Å²) in [6, 6.07) is 3.73. The lowest BCUT2D eigenvalue weighted by molar-refractivity contribution is 0.548. The second kappa shape index (κ2) is 2.79. The van der Waals surface area contributed by atoms with Gasteiger partial charge in [0.15, 0.2) is 16.3 Å². The number of furan rings is 1. The highest BCUT2D eigenvalue weighted by Crippen LogP contribution is 2.22. The van der Waals surface area contributed by atoms with Crippen LogP contribution in [0.3, 0.4) is 0 Å². The van der Waals surface area contributed by atoms with Crippen LogP contribution >= 0.6 is 15.9 Å². The SMILES string of the molecule is Cn1ccnc1-c1ccc(Br)o1. The molecule has 0 aliphatic rings. The van der Waals surface area contributed by atoms with Gasteiger partial charge in [0.2, 0.25) is 0 Å². The van der Waals surface area contributed by atoms with E-state index in [1.54, 1.807) is 6.20 Å². The van der Waals surface area contributed by atoms with E-state index in [2.05, 4.69) is 20.9 Å². The summed E-state index contributed by atoms with van der Waals surface area (Å²) in [4.78, 5) is 4.15. The average Bonchev–Trinajstić information content (AvgIpc) is 2.58. The van der Waals surface area contributed by atoms with Gasteiger partial charge in [0.05, 0.1) is 0 Å². The maximum Gasteiger partial charge on any atom is 0.175 e. The van der Waals surface area contributed by atoms with E-state index in [9.17, 15) is 0 Å². The Labute approximate surface area is 78.2 Å². The lowest BCUT2D eigenvalue weighted by Crippen LogP contribution is -1.88. The third-order valence-electron chi connectivity index (χ3n) is 1.61. The van der Waals surface area contributed by atoms with Gasteiger partial charge < -0.3 is 8.98 Å². The van der Waals surface area contributed by atoms with Crippen LogP contribution in [-0.2, 0) is 7.05 Å². The van der Waals surface area contributed by atoms with Crippen LogP contribution in [0.5, 0.6) is 0 Å². The van der Waals surface area contributed by atoms with E-state index in [1.165, 1.54) is 0 Å². The van der Waals surface area contributed by atoms with Crippen molar-refractivity contribution in [3.63, 3.8) is 0 Å². The molecule has 2 rings (SSSR count). The maximum atomic E-state index is 5.34. The van der Waals surface area contributed by atoms with Crippen LogP contribution in [0.25, 0.3) is 11.6 Å². The van der Waals surface area contributed by atoms with E-state index in [0.717, 1.165) is 16.3 Å². The molecule has 0 N–H and O–H groups in total. The van der Waals surface area contributed by atoms with E-state index in [1.807, 2.05) is 29.9 Å². The Bertz CT molecular complexity index is 391. The molecule has 0 amide bonds. The number of aryl methyl sites for hydroxylation is 1. The molecular weight excluding hydrogens is 220 g/mol. The van der Waals surface area contributed by atoms with E-state index in [4.69, 9.17) is 4.42 Å². The van der Waals surface area contributed by atoms with E-state index in [-0.39, 0.29) is 0 Å². The highest BCUT2D eigenvalue weighted by molar-refractivity contribution is 9.10. The van der Waals surface area contributed by atoms with Gasteiger partial charge in [-0.2, -0.15) is 0 Å². The number of hydrogen-bond donors (Lipinski definition) is 0.